The maximum absolute atomic E-state index is 11.1. The van der Waals surface area contributed by atoms with Crippen LogP contribution in [0.3, 0.4) is 0 Å². The fourth-order valence-corrected chi connectivity index (χ4v) is 9.41. The number of carboxylic acid groups (broad SMARTS) is 2. The first kappa shape index (κ1) is 43.0. The summed E-state index contributed by atoms with van der Waals surface area (Å²) in [4.78, 5) is 32.9. The maximum Gasteiger partial charge on any atom is 1.00 e. The number of carbonyl (C=O) groups excluding carboxylic acids is 2. The summed E-state index contributed by atoms with van der Waals surface area (Å²) in [7, 11) is 0. The van der Waals surface area contributed by atoms with Crippen molar-refractivity contribution in [3.05, 3.63) is 156 Å². The molecule has 0 radical (unpaired) electrons. The van der Waals surface area contributed by atoms with Gasteiger partial charge in [0.2, 0.25) is 0 Å². The van der Waals surface area contributed by atoms with Crippen LogP contribution in [-0.2, 0) is 9.59 Å². The summed E-state index contributed by atoms with van der Waals surface area (Å²) in [6.45, 7) is -1.10. The molecule has 0 atom stereocenters. The van der Waals surface area contributed by atoms with Crippen LogP contribution in [0.15, 0.2) is 133 Å². The van der Waals surface area contributed by atoms with Crippen LogP contribution in [0.4, 0.5) is 0 Å². The number of aliphatic carboxylic acids is 2. The minimum atomic E-state index is -1.30. The molecule has 0 unspecified atom stereocenters. The van der Waals surface area contributed by atoms with E-state index >= 15 is 0 Å². The molecule has 282 valence electrons. The molecule has 2 aliphatic rings. The molecule has 0 aliphatic carbocycles. The van der Waals surface area contributed by atoms with Gasteiger partial charge in [-0.1, -0.05) is 84.9 Å². The number of thiophene rings is 2. The van der Waals surface area contributed by atoms with Crippen molar-refractivity contribution in [3.8, 4) is 56.0 Å². The third kappa shape index (κ3) is 9.12. The molecule has 2 aliphatic heterocycles. The molecule has 0 saturated carbocycles. The van der Waals surface area contributed by atoms with Gasteiger partial charge in [-0.2, -0.15) is 0 Å². The third-order valence-electron chi connectivity index (χ3n) is 9.63. The van der Waals surface area contributed by atoms with Crippen LogP contribution in [0, 0.1) is 0 Å². The van der Waals surface area contributed by atoms with Gasteiger partial charge in [-0.05, 0) is 95.1 Å². The van der Waals surface area contributed by atoms with Crippen LogP contribution in [0.2, 0.25) is 0 Å². The monoisotopic (exact) mass is 840 g/mol. The molecular formula is C48H30N2Na2O6S2. The summed E-state index contributed by atoms with van der Waals surface area (Å²) in [6.07, 6.45) is 8.22. The molecule has 4 aromatic carbocycles. The van der Waals surface area contributed by atoms with E-state index in [0.717, 1.165) is 86.1 Å². The number of fused-ring (bicyclic) bond motifs is 8. The van der Waals surface area contributed by atoms with Crippen LogP contribution in [-0.4, -0.2) is 35.1 Å². The third-order valence-corrected chi connectivity index (χ3v) is 11.9. The van der Waals surface area contributed by atoms with Gasteiger partial charge in [0.05, 0.1) is 34.7 Å². The van der Waals surface area contributed by atoms with Crippen molar-refractivity contribution in [2.75, 3.05) is 13.2 Å². The summed E-state index contributed by atoms with van der Waals surface area (Å²) in [6, 6.07) is 43.7. The molecule has 0 spiro atoms. The van der Waals surface area contributed by atoms with Crippen LogP contribution in [0.5, 0.6) is 11.5 Å². The predicted octanol–water partition coefficient (Wildman–Crippen LogP) is 3.06. The molecule has 5 heterocycles. The molecule has 9 rings (SSSR count). The number of carboxylic acids is 2. The molecule has 8 nitrogen and oxygen atoms in total. The summed E-state index contributed by atoms with van der Waals surface area (Å²) in [5, 5.41) is 22.2. The van der Waals surface area contributed by atoms with Crippen LogP contribution >= 0.6 is 22.7 Å². The molecule has 7 aromatic rings. The van der Waals surface area contributed by atoms with Crippen molar-refractivity contribution in [1.82, 2.24) is 9.97 Å². The number of ether oxygens (including phenoxy) is 2. The first-order valence-corrected chi connectivity index (χ1v) is 20.0. The Morgan fingerprint density at radius 1 is 0.417 bits per heavy atom. The van der Waals surface area contributed by atoms with E-state index in [0.29, 0.717) is 11.5 Å². The molecule has 0 fully saturated rings. The Balaban J connectivity index is 0.00000272. The average molecular weight is 841 g/mol. The second-order valence-corrected chi connectivity index (χ2v) is 15.5. The fourth-order valence-electron chi connectivity index (χ4n) is 7.09. The van der Waals surface area contributed by atoms with Crippen molar-refractivity contribution in [3.63, 3.8) is 0 Å². The Hall–Kier alpha value is -5.14. The van der Waals surface area contributed by atoms with Gasteiger partial charge >= 0.3 is 59.1 Å². The van der Waals surface area contributed by atoms with E-state index in [-0.39, 0.29) is 59.1 Å². The fraction of sp³-hybridized carbons (Fsp3) is 0.0417. The van der Waals surface area contributed by atoms with Crippen LogP contribution in [0.25, 0.3) is 87.6 Å². The predicted molar refractivity (Wildman–Crippen MR) is 229 cm³/mol. The zero-order valence-corrected chi connectivity index (χ0v) is 38.2. The second kappa shape index (κ2) is 19.1. The van der Waals surface area contributed by atoms with Gasteiger partial charge in [-0.3, -0.25) is 0 Å². The van der Waals surface area contributed by atoms with Gasteiger partial charge in [0.1, 0.15) is 24.7 Å². The van der Waals surface area contributed by atoms with E-state index in [1.807, 2.05) is 72.8 Å². The Bertz CT molecular complexity index is 2750. The van der Waals surface area contributed by atoms with E-state index in [4.69, 9.17) is 19.4 Å². The Morgan fingerprint density at radius 3 is 0.983 bits per heavy atom. The van der Waals surface area contributed by atoms with Crippen molar-refractivity contribution in [2.45, 2.75) is 0 Å². The zero-order chi connectivity index (χ0) is 39.6. The number of hydrogen-bond acceptors (Lipinski definition) is 10. The van der Waals surface area contributed by atoms with Gasteiger partial charge in [0.15, 0.2) is 0 Å². The summed E-state index contributed by atoms with van der Waals surface area (Å²) >= 11 is 3.29. The molecule has 3 aromatic heterocycles. The van der Waals surface area contributed by atoms with E-state index < -0.39 is 25.2 Å². The minimum Gasteiger partial charge on any atom is -0.546 e. The number of nitrogens with zero attached hydrogens (tertiary/aromatic N) is 2. The smallest absolute Gasteiger partial charge is 0.546 e. The van der Waals surface area contributed by atoms with Gasteiger partial charge in [0, 0.05) is 41.1 Å². The quantitative estimate of drug-likeness (QED) is 0.193. The summed E-state index contributed by atoms with van der Waals surface area (Å²) < 4.78 is 14.8. The second-order valence-electron chi connectivity index (χ2n) is 13.4. The van der Waals surface area contributed by atoms with E-state index in [1.165, 1.54) is 0 Å². The normalized spacial score (nSPS) is 11.3. The number of carbonyl (C=O) groups is 2. The number of hydrogen-bond donors (Lipinski definition) is 0. The molecule has 12 heteroatoms. The van der Waals surface area contributed by atoms with Crippen molar-refractivity contribution in [1.29, 1.82) is 0 Å². The zero-order valence-electron chi connectivity index (χ0n) is 32.6. The first-order valence-electron chi connectivity index (χ1n) is 18.3. The van der Waals surface area contributed by atoms with E-state index in [1.54, 1.807) is 46.9 Å². The van der Waals surface area contributed by atoms with Crippen molar-refractivity contribution < 1.29 is 88.4 Å². The maximum atomic E-state index is 11.1. The van der Waals surface area contributed by atoms with Crippen LogP contribution < -0.4 is 78.8 Å². The summed E-state index contributed by atoms with van der Waals surface area (Å²) in [5.74, 6) is -1.78. The van der Waals surface area contributed by atoms with Gasteiger partial charge in [0.25, 0.3) is 0 Å². The molecule has 8 bridgehead atoms. The molecule has 0 amide bonds. The van der Waals surface area contributed by atoms with E-state index in [9.17, 15) is 19.8 Å². The number of benzene rings is 4. The Morgan fingerprint density at radius 2 is 0.700 bits per heavy atom. The Labute approximate surface area is 397 Å². The van der Waals surface area contributed by atoms with E-state index in [2.05, 4.69) is 60.7 Å². The minimum absolute atomic E-state index is 0. The largest absolute Gasteiger partial charge is 1.00 e. The van der Waals surface area contributed by atoms with Gasteiger partial charge < -0.3 is 29.3 Å². The summed E-state index contributed by atoms with van der Waals surface area (Å²) in [5.41, 5.74) is 10.8. The SMILES string of the molecule is O=C([O-])COc1ccc(-c2c3nc(c(-c4ccccc4)c4ccc(s4)c(-c4ccccc4)c4nc(c(-c5ccc(OCC(=O)[O-])cc5)c5ccc2s5)C=C4)C=C3)cc1.[Na+].[Na+]. The molecular weight excluding hydrogens is 811 g/mol. The molecule has 60 heavy (non-hydrogen) atoms. The van der Waals surface area contributed by atoms with Crippen LogP contribution in [0.1, 0.15) is 22.8 Å². The first-order chi connectivity index (χ1) is 28.4. The standard InChI is InChI=1S/C48H32N2O6S2.2Na/c51-43(52)27-55-33-15-11-31(12-16-33)47-37-21-19-35(49-37)45(29-7-3-1-4-8-29)39-23-24-40(57-39)46(30-9-5-2-6-10-30)36-20-22-38(50-36)48(42-26-25-41(47)58-42)32-13-17-34(18-14-32)56-28-44(53)54;;/h1-26H,27-28H2,(H,51,52)(H,53,54);;/q;2*+1/p-2. The van der Waals surface area contributed by atoms with Gasteiger partial charge in [-0.25, -0.2) is 9.97 Å². The topological polar surface area (TPSA) is 124 Å². The number of rotatable bonds is 10. The van der Waals surface area contributed by atoms with Crippen molar-refractivity contribution >= 4 is 77.7 Å². The number of aromatic nitrogens is 2. The molecule has 0 N–H and O–H groups in total. The van der Waals surface area contributed by atoms with Gasteiger partial charge in [-0.15, -0.1) is 22.7 Å². The average Bonchev–Trinajstić information content (AvgIpc) is 4.09. The molecule has 0 saturated heterocycles. The Kier molecular flexibility index (Phi) is 13.6. The van der Waals surface area contributed by atoms with Crippen molar-refractivity contribution in [2.24, 2.45) is 0 Å².